The predicted octanol–water partition coefficient (Wildman–Crippen LogP) is 4.00. The third kappa shape index (κ3) is 3.61. The SMILES string of the molecule is CCc1nc(C)ccc1Oc1ccccc1CNC1CC1. The van der Waals surface area contributed by atoms with E-state index in [9.17, 15) is 0 Å². The summed E-state index contributed by atoms with van der Waals surface area (Å²) < 4.78 is 6.14. The highest BCUT2D eigenvalue weighted by molar-refractivity contribution is 5.39. The summed E-state index contributed by atoms with van der Waals surface area (Å²) in [6, 6.07) is 13.0. The van der Waals surface area contributed by atoms with Crippen LogP contribution < -0.4 is 10.1 Å². The van der Waals surface area contributed by atoms with Crippen molar-refractivity contribution in [3.05, 3.63) is 53.3 Å². The number of para-hydroxylation sites is 1. The second-order valence-corrected chi connectivity index (χ2v) is 5.62. The van der Waals surface area contributed by atoms with Gasteiger partial charge in [-0.2, -0.15) is 0 Å². The van der Waals surface area contributed by atoms with Crippen LogP contribution in [0.2, 0.25) is 0 Å². The zero-order chi connectivity index (χ0) is 14.7. The number of nitrogens with zero attached hydrogens (tertiary/aromatic N) is 1. The van der Waals surface area contributed by atoms with Crippen LogP contribution in [0, 0.1) is 6.92 Å². The molecule has 3 nitrogen and oxygen atoms in total. The molecule has 110 valence electrons. The van der Waals surface area contributed by atoms with Crippen LogP contribution in [-0.2, 0) is 13.0 Å². The minimum atomic E-state index is 0.699. The van der Waals surface area contributed by atoms with Gasteiger partial charge in [0.05, 0.1) is 5.69 Å². The molecule has 3 heteroatoms. The molecule has 1 aliphatic rings. The molecule has 0 bridgehead atoms. The standard InChI is InChI=1S/C18H22N2O/c1-3-16-18(11-8-13(2)20-16)21-17-7-5-4-6-14(17)12-19-15-9-10-15/h4-8,11,15,19H,3,9-10,12H2,1-2H3. The van der Waals surface area contributed by atoms with E-state index in [1.807, 2.05) is 31.2 Å². The lowest BCUT2D eigenvalue weighted by atomic mass is 10.2. The molecule has 3 rings (SSSR count). The van der Waals surface area contributed by atoms with Gasteiger partial charge in [0.15, 0.2) is 0 Å². The number of benzene rings is 1. The summed E-state index contributed by atoms with van der Waals surface area (Å²) in [5.41, 5.74) is 3.25. The van der Waals surface area contributed by atoms with Gasteiger partial charge in [-0.1, -0.05) is 25.1 Å². The van der Waals surface area contributed by atoms with Gasteiger partial charge in [-0.05, 0) is 44.4 Å². The minimum absolute atomic E-state index is 0.699. The van der Waals surface area contributed by atoms with Gasteiger partial charge < -0.3 is 10.1 Å². The fourth-order valence-corrected chi connectivity index (χ4v) is 2.35. The van der Waals surface area contributed by atoms with Crippen molar-refractivity contribution in [1.82, 2.24) is 10.3 Å². The van der Waals surface area contributed by atoms with Gasteiger partial charge >= 0.3 is 0 Å². The summed E-state index contributed by atoms with van der Waals surface area (Å²) in [6.07, 6.45) is 3.47. The van der Waals surface area contributed by atoms with Crippen LogP contribution in [0.1, 0.15) is 36.7 Å². The zero-order valence-corrected chi connectivity index (χ0v) is 12.7. The Hall–Kier alpha value is -1.87. The summed E-state index contributed by atoms with van der Waals surface area (Å²) >= 11 is 0. The lowest BCUT2D eigenvalue weighted by Gasteiger charge is -2.14. The summed E-state index contributed by atoms with van der Waals surface area (Å²) in [4.78, 5) is 4.56. The topological polar surface area (TPSA) is 34.1 Å². The van der Waals surface area contributed by atoms with Gasteiger partial charge in [0.25, 0.3) is 0 Å². The maximum absolute atomic E-state index is 6.14. The van der Waals surface area contributed by atoms with Gasteiger partial charge in [-0.15, -0.1) is 0 Å². The Bertz CT molecular complexity index is 620. The summed E-state index contributed by atoms with van der Waals surface area (Å²) in [7, 11) is 0. The number of aryl methyl sites for hydroxylation is 2. The molecule has 0 atom stereocenters. The number of hydrogen-bond acceptors (Lipinski definition) is 3. The third-order valence-electron chi connectivity index (χ3n) is 3.76. The van der Waals surface area contributed by atoms with Crippen molar-refractivity contribution in [3.63, 3.8) is 0 Å². The molecular formula is C18H22N2O. The minimum Gasteiger partial charge on any atom is -0.455 e. The molecule has 0 spiro atoms. The van der Waals surface area contributed by atoms with Crippen molar-refractivity contribution >= 4 is 0 Å². The molecule has 1 heterocycles. The van der Waals surface area contributed by atoms with E-state index in [0.717, 1.165) is 35.9 Å². The molecule has 1 aromatic carbocycles. The molecule has 0 unspecified atom stereocenters. The number of ether oxygens (including phenoxy) is 1. The van der Waals surface area contributed by atoms with Crippen LogP contribution in [0.3, 0.4) is 0 Å². The molecule has 0 radical (unpaired) electrons. The molecule has 0 saturated heterocycles. The van der Waals surface area contributed by atoms with Gasteiger partial charge in [-0.3, -0.25) is 4.98 Å². The van der Waals surface area contributed by atoms with Crippen LogP contribution in [0.4, 0.5) is 0 Å². The summed E-state index contributed by atoms with van der Waals surface area (Å²) in [5.74, 6) is 1.79. The molecule has 21 heavy (non-hydrogen) atoms. The molecule has 1 aliphatic carbocycles. The van der Waals surface area contributed by atoms with Crippen molar-refractivity contribution in [2.75, 3.05) is 0 Å². The first kappa shape index (κ1) is 14.1. The average molecular weight is 282 g/mol. The molecule has 1 fully saturated rings. The number of pyridine rings is 1. The molecule has 1 N–H and O–H groups in total. The molecule has 1 saturated carbocycles. The zero-order valence-electron chi connectivity index (χ0n) is 12.7. The molecule has 2 aromatic rings. The van der Waals surface area contributed by atoms with Crippen LogP contribution in [0.15, 0.2) is 36.4 Å². The van der Waals surface area contributed by atoms with E-state index in [-0.39, 0.29) is 0 Å². The second-order valence-electron chi connectivity index (χ2n) is 5.62. The van der Waals surface area contributed by atoms with E-state index in [4.69, 9.17) is 4.74 Å². The fourth-order valence-electron chi connectivity index (χ4n) is 2.35. The van der Waals surface area contributed by atoms with Crippen molar-refractivity contribution in [1.29, 1.82) is 0 Å². The van der Waals surface area contributed by atoms with Gasteiger partial charge in [0, 0.05) is 23.8 Å². The fraction of sp³-hybridized carbons (Fsp3) is 0.389. The first-order chi connectivity index (χ1) is 10.3. The number of aromatic nitrogens is 1. The summed E-state index contributed by atoms with van der Waals surface area (Å²) in [6.45, 7) is 4.98. The Morgan fingerprint density at radius 2 is 1.95 bits per heavy atom. The lowest BCUT2D eigenvalue weighted by molar-refractivity contribution is 0.463. The Kier molecular flexibility index (Phi) is 4.20. The molecular weight excluding hydrogens is 260 g/mol. The second kappa shape index (κ2) is 6.27. The van der Waals surface area contributed by atoms with Crippen LogP contribution in [0.25, 0.3) is 0 Å². The first-order valence-corrected chi connectivity index (χ1v) is 7.72. The Labute approximate surface area is 126 Å². The highest BCUT2D eigenvalue weighted by Gasteiger charge is 2.20. The normalized spacial score (nSPS) is 14.2. The van der Waals surface area contributed by atoms with Crippen LogP contribution in [-0.4, -0.2) is 11.0 Å². The van der Waals surface area contributed by atoms with E-state index in [1.165, 1.54) is 18.4 Å². The molecule has 1 aromatic heterocycles. The van der Waals surface area contributed by atoms with Crippen molar-refractivity contribution in [3.8, 4) is 11.5 Å². The smallest absolute Gasteiger partial charge is 0.148 e. The Balaban J connectivity index is 1.80. The average Bonchev–Trinajstić information content (AvgIpc) is 3.32. The van der Waals surface area contributed by atoms with E-state index < -0.39 is 0 Å². The number of hydrogen-bond donors (Lipinski definition) is 1. The highest BCUT2D eigenvalue weighted by atomic mass is 16.5. The first-order valence-electron chi connectivity index (χ1n) is 7.72. The van der Waals surface area contributed by atoms with E-state index in [2.05, 4.69) is 29.4 Å². The van der Waals surface area contributed by atoms with E-state index in [0.29, 0.717) is 6.04 Å². The predicted molar refractivity (Wildman–Crippen MR) is 84.7 cm³/mol. The van der Waals surface area contributed by atoms with Crippen molar-refractivity contribution < 1.29 is 4.74 Å². The van der Waals surface area contributed by atoms with Crippen LogP contribution in [0.5, 0.6) is 11.5 Å². The molecule has 0 amide bonds. The summed E-state index contributed by atoms with van der Waals surface area (Å²) in [5, 5.41) is 3.54. The highest BCUT2D eigenvalue weighted by Crippen LogP contribution is 2.28. The van der Waals surface area contributed by atoms with Gasteiger partial charge in [0.2, 0.25) is 0 Å². The van der Waals surface area contributed by atoms with Crippen LogP contribution >= 0.6 is 0 Å². The van der Waals surface area contributed by atoms with Gasteiger partial charge in [-0.25, -0.2) is 0 Å². The Morgan fingerprint density at radius 1 is 1.14 bits per heavy atom. The lowest BCUT2D eigenvalue weighted by Crippen LogP contribution is -2.15. The monoisotopic (exact) mass is 282 g/mol. The number of nitrogens with one attached hydrogen (secondary N) is 1. The number of rotatable bonds is 6. The van der Waals surface area contributed by atoms with E-state index in [1.54, 1.807) is 0 Å². The third-order valence-corrected chi connectivity index (χ3v) is 3.76. The van der Waals surface area contributed by atoms with Crippen molar-refractivity contribution in [2.24, 2.45) is 0 Å². The maximum atomic E-state index is 6.14. The maximum Gasteiger partial charge on any atom is 0.148 e. The largest absolute Gasteiger partial charge is 0.455 e. The van der Waals surface area contributed by atoms with Gasteiger partial charge in [0.1, 0.15) is 11.5 Å². The van der Waals surface area contributed by atoms with E-state index >= 15 is 0 Å². The molecule has 0 aliphatic heterocycles. The van der Waals surface area contributed by atoms with Crippen molar-refractivity contribution in [2.45, 2.75) is 45.7 Å². The quantitative estimate of drug-likeness (QED) is 0.869. The Morgan fingerprint density at radius 3 is 2.71 bits per heavy atom.